The second-order valence-electron chi connectivity index (χ2n) is 4.61. The molecule has 23 heavy (non-hydrogen) atoms. The number of methoxy groups -OCH3 is 1. The summed E-state index contributed by atoms with van der Waals surface area (Å²) in [6.07, 6.45) is 2.99. The van der Waals surface area contributed by atoms with Gasteiger partial charge in [0.25, 0.3) is 11.8 Å². The molecule has 0 atom stereocenters. The molecule has 0 aliphatic heterocycles. The first-order valence-corrected chi connectivity index (χ1v) is 6.94. The summed E-state index contributed by atoms with van der Waals surface area (Å²) in [5.74, 6) is 0.0208. The molecule has 6 heteroatoms. The molecule has 0 fully saturated rings. The van der Waals surface area contributed by atoms with Crippen molar-refractivity contribution in [2.45, 2.75) is 0 Å². The summed E-state index contributed by atoms with van der Waals surface area (Å²) in [6, 6.07) is 9.94. The number of nitrogens with zero attached hydrogens (tertiary/aromatic N) is 1. The molecule has 0 aliphatic rings. The third kappa shape index (κ3) is 4.41. The van der Waals surface area contributed by atoms with Crippen LogP contribution in [0.4, 0.5) is 5.69 Å². The predicted molar refractivity (Wildman–Crippen MR) is 87.7 cm³/mol. The normalized spacial score (nSPS) is 9.78. The zero-order valence-electron chi connectivity index (χ0n) is 12.7. The molecule has 1 heterocycles. The minimum atomic E-state index is -0.357. The van der Waals surface area contributed by atoms with Gasteiger partial charge in [-0.05, 0) is 36.4 Å². The van der Waals surface area contributed by atoms with Crippen LogP contribution in [-0.4, -0.2) is 30.5 Å². The second kappa shape index (κ2) is 7.74. The van der Waals surface area contributed by atoms with E-state index in [-0.39, 0.29) is 17.5 Å². The molecule has 118 valence electrons. The first-order valence-electron chi connectivity index (χ1n) is 6.94. The van der Waals surface area contributed by atoms with E-state index in [4.69, 9.17) is 4.74 Å². The van der Waals surface area contributed by atoms with Crippen molar-refractivity contribution in [3.63, 3.8) is 0 Å². The average Bonchev–Trinajstić information content (AvgIpc) is 2.60. The maximum Gasteiger partial charge on any atom is 0.270 e. The van der Waals surface area contributed by atoms with Crippen molar-refractivity contribution in [2.24, 2.45) is 0 Å². The molecular formula is C17H17N3O3. The van der Waals surface area contributed by atoms with Crippen LogP contribution in [0.15, 0.2) is 55.3 Å². The van der Waals surface area contributed by atoms with Crippen molar-refractivity contribution in [3.8, 4) is 5.75 Å². The van der Waals surface area contributed by atoms with E-state index in [1.807, 2.05) is 0 Å². The highest BCUT2D eigenvalue weighted by Gasteiger charge is 2.11. The zero-order chi connectivity index (χ0) is 16.7. The van der Waals surface area contributed by atoms with E-state index in [1.165, 1.54) is 12.3 Å². The van der Waals surface area contributed by atoms with Gasteiger partial charge in [0.2, 0.25) is 0 Å². The topological polar surface area (TPSA) is 80.3 Å². The SMILES string of the molecule is C=CCNC(=O)c1cc(C(=O)Nc2ccc(OC)cc2)ccn1. The smallest absolute Gasteiger partial charge is 0.270 e. The maximum absolute atomic E-state index is 12.2. The van der Waals surface area contributed by atoms with Crippen molar-refractivity contribution in [3.05, 3.63) is 66.5 Å². The molecule has 0 unspecified atom stereocenters. The highest BCUT2D eigenvalue weighted by Crippen LogP contribution is 2.16. The standard InChI is InChI=1S/C17H17N3O3/c1-3-9-19-17(22)15-11-12(8-10-18-15)16(21)20-13-4-6-14(23-2)7-5-13/h3-8,10-11H,1,9H2,2H3,(H,19,22)(H,20,21). The van der Waals surface area contributed by atoms with E-state index >= 15 is 0 Å². The van der Waals surface area contributed by atoms with Crippen molar-refractivity contribution in [1.29, 1.82) is 0 Å². The number of anilines is 1. The molecule has 0 saturated heterocycles. The largest absolute Gasteiger partial charge is 0.497 e. The molecule has 1 aromatic heterocycles. The van der Waals surface area contributed by atoms with Gasteiger partial charge >= 0.3 is 0 Å². The lowest BCUT2D eigenvalue weighted by atomic mass is 10.2. The van der Waals surface area contributed by atoms with Crippen LogP contribution in [-0.2, 0) is 0 Å². The maximum atomic E-state index is 12.2. The van der Waals surface area contributed by atoms with E-state index < -0.39 is 0 Å². The summed E-state index contributed by atoms with van der Waals surface area (Å²) in [5, 5.41) is 5.36. The second-order valence-corrected chi connectivity index (χ2v) is 4.61. The number of hydrogen-bond donors (Lipinski definition) is 2. The van der Waals surface area contributed by atoms with E-state index in [0.717, 1.165) is 0 Å². The molecule has 2 rings (SSSR count). The lowest BCUT2D eigenvalue weighted by Crippen LogP contribution is -2.24. The van der Waals surface area contributed by atoms with Crippen LogP contribution >= 0.6 is 0 Å². The van der Waals surface area contributed by atoms with Crippen LogP contribution in [0, 0.1) is 0 Å². The number of carbonyl (C=O) groups is 2. The number of amides is 2. The van der Waals surface area contributed by atoms with Crippen LogP contribution in [0.1, 0.15) is 20.8 Å². The first-order chi connectivity index (χ1) is 11.1. The quantitative estimate of drug-likeness (QED) is 0.802. The summed E-state index contributed by atoms with van der Waals surface area (Å²) < 4.78 is 5.06. The third-order valence-corrected chi connectivity index (χ3v) is 3.01. The van der Waals surface area contributed by atoms with Crippen LogP contribution in [0.3, 0.4) is 0 Å². The van der Waals surface area contributed by atoms with Crippen molar-refractivity contribution >= 4 is 17.5 Å². The Bertz CT molecular complexity index is 711. The Morgan fingerprint density at radius 1 is 1.22 bits per heavy atom. The fraction of sp³-hybridized carbons (Fsp3) is 0.118. The third-order valence-electron chi connectivity index (χ3n) is 3.01. The molecule has 1 aromatic carbocycles. The molecule has 2 N–H and O–H groups in total. The molecular weight excluding hydrogens is 294 g/mol. The molecule has 2 amide bonds. The highest BCUT2D eigenvalue weighted by molar-refractivity contribution is 6.05. The average molecular weight is 311 g/mol. The van der Waals surface area contributed by atoms with Gasteiger partial charge in [-0.2, -0.15) is 0 Å². The number of pyridine rings is 1. The summed E-state index contributed by atoms with van der Waals surface area (Å²) in [5.41, 5.74) is 1.15. The van der Waals surface area contributed by atoms with Gasteiger partial charge in [-0.1, -0.05) is 6.08 Å². The number of ether oxygens (including phenoxy) is 1. The summed E-state index contributed by atoms with van der Waals surface area (Å²) in [7, 11) is 1.57. The summed E-state index contributed by atoms with van der Waals surface area (Å²) in [6.45, 7) is 3.86. The fourth-order valence-electron chi connectivity index (χ4n) is 1.83. The van der Waals surface area contributed by atoms with Gasteiger partial charge < -0.3 is 15.4 Å². The van der Waals surface area contributed by atoms with Crippen LogP contribution in [0.25, 0.3) is 0 Å². The Labute approximate surface area is 134 Å². The fourth-order valence-corrected chi connectivity index (χ4v) is 1.83. The first kappa shape index (κ1) is 16.2. The van der Waals surface area contributed by atoms with Gasteiger partial charge in [-0.3, -0.25) is 14.6 Å². The molecule has 0 radical (unpaired) electrons. The van der Waals surface area contributed by atoms with Gasteiger partial charge in [-0.25, -0.2) is 0 Å². The molecule has 2 aromatic rings. The number of carbonyl (C=O) groups excluding carboxylic acids is 2. The Balaban J connectivity index is 2.09. The zero-order valence-corrected chi connectivity index (χ0v) is 12.7. The number of aromatic nitrogens is 1. The van der Waals surface area contributed by atoms with E-state index in [1.54, 1.807) is 43.5 Å². The van der Waals surface area contributed by atoms with Crippen molar-refractivity contribution in [1.82, 2.24) is 10.3 Å². The molecule has 0 bridgehead atoms. The van der Waals surface area contributed by atoms with Gasteiger partial charge in [0, 0.05) is 24.0 Å². The Hall–Kier alpha value is -3.15. The van der Waals surface area contributed by atoms with Crippen LogP contribution < -0.4 is 15.4 Å². The van der Waals surface area contributed by atoms with E-state index in [2.05, 4.69) is 22.2 Å². The summed E-state index contributed by atoms with van der Waals surface area (Å²) >= 11 is 0. The van der Waals surface area contributed by atoms with E-state index in [9.17, 15) is 9.59 Å². The highest BCUT2D eigenvalue weighted by atomic mass is 16.5. The Morgan fingerprint density at radius 2 is 1.96 bits per heavy atom. The van der Waals surface area contributed by atoms with Gasteiger partial charge in [-0.15, -0.1) is 6.58 Å². The molecule has 0 spiro atoms. The lowest BCUT2D eigenvalue weighted by molar-refractivity contribution is 0.0953. The van der Waals surface area contributed by atoms with Gasteiger partial charge in [0.05, 0.1) is 7.11 Å². The van der Waals surface area contributed by atoms with Gasteiger partial charge in [0.15, 0.2) is 0 Å². The molecule has 0 aliphatic carbocycles. The minimum absolute atomic E-state index is 0.175. The predicted octanol–water partition coefficient (Wildman–Crippen LogP) is 2.26. The molecule has 6 nitrogen and oxygen atoms in total. The number of benzene rings is 1. The van der Waals surface area contributed by atoms with Gasteiger partial charge in [0.1, 0.15) is 11.4 Å². The summed E-state index contributed by atoms with van der Waals surface area (Å²) in [4.78, 5) is 28.0. The minimum Gasteiger partial charge on any atom is -0.497 e. The van der Waals surface area contributed by atoms with Crippen molar-refractivity contribution < 1.29 is 14.3 Å². The number of rotatable bonds is 6. The Morgan fingerprint density at radius 3 is 2.61 bits per heavy atom. The van der Waals surface area contributed by atoms with Crippen LogP contribution in [0.2, 0.25) is 0 Å². The lowest BCUT2D eigenvalue weighted by Gasteiger charge is -2.07. The Kier molecular flexibility index (Phi) is 5.46. The molecule has 0 saturated carbocycles. The monoisotopic (exact) mass is 311 g/mol. The number of hydrogen-bond acceptors (Lipinski definition) is 4. The van der Waals surface area contributed by atoms with Crippen molar-refractivity contribution in [2.75, 3.05) is 19.0 Å². The van der Waals surface area contributed by atoms with E-state index in [0.29, 0.717) is 23.5 Å². The van der Waals surface area contributed by atoms with Crippen LogP contribution in [0.5, 0.6) is 5.75 Å². The number of nitrogens with one attached hydrogen (secondary N) is 2.